The van der Waals surface area contributed by atoms with E-state index >= 15 is 0 Å². The highest BCUT2D eigenvalue weighted by Gasteiger charge is 2.16. The lowest BCUT2D eigenvalue weighted by Gasteiger charge is -2.15. The molecule has 2 heterocycles. The van der Waals surface area contributed by atoms with E-state index in [9.17, 15) is 4.79 Å². The summed E-state index contributed by atoms with van der Waals surface area (Å²) in [7, 11) is 1.91. The summed E-state index contributed by atoms with van der Waals surface area (Å²) >= 11 is 0. The van der Waals surface area contributed by atoms with Crippen LogP contribution in [0.15, 0.2) is 36.5 Å². The van der Waals surface area contributed by atoms with Crippen LogP contribution in [0.4, 0.5) is 0 Å². The Morgan fingerprint density at radius 1 is 1.30 bits per heavy atom. The van der Waals surface area contributed by atoms with Gasteiger partial charge in [-0.15, -0.1) is 0 Å². The fourth-order valence-corrected chi connectivity index (χ4v) is 3.01. The van der Waals surface area contributed by atoms with Gasteiger partial charge < -0.3 is 9.88 Å². The Kier molecular flexibility index (Phi) is 3.94. The summed E-state index contributed by atoms with van der Waals surface area (Å²) < 4.78 is 3.87. The summed E-state index contributed by atoms with van der Waals surface area (Å²) in [6.45, 7) is 6.35. The molecular weight excluding hydrogens is 288 g/mol. The number of fused-ring (bicyclic) bond motifs is 1. The number of amides is 1. The number of carbonyl (C=O) groups excluding carboxylic acids is 1. The number of rotatable bonds is 4. The lowest BCUT2D eigenvalue weighted by molar-refractivity contribution is -0.122. The van der Waals surface area contributed by atoms with E-state index in [4.69, 9.17) is 0 Å². The van der Waals surface area contributed by atoms with Gasteiger partial charge in [0, 0.05) is 29.5 Å². The van der Waals surface area contributed by atoms with Gasteiger partial charge in [0.2, 0.25) is 5.91 Å². The zero-order chi connectivity index (χ0) is 16.6. The number of nitrogens with one attached hydrogen (secondary N) is 1. The average Bonchev–Trinajstić information content (AvgIpc) is 3.00. The van der Waals surface area contributed by atoms with Crippen LogP contribution in [-0.2, 0) is 18.4 Å². The summed E-state index contributed by atoms with van der Waals surface area (Å²) in [5, 5.41) is 8.46. The van der Waals surface area contributed by atoms with Crippen LogP contribution in [0, 0.1) is 13.8 Å². The lowest BCUT2D eigenvalue weighted by Crippen LogP contribution is -2.30. The first-order chi connectivity index (χ1) is 11.0. The molecule has 0 aliphatic heterocycles. The monoisotopic (exact) mass is 310 g/mol. The van der Waals surface area contributed by atoms with Gasteiger partial charge in [0.05, 0.1) is 12.2 Å². The number of nitrogens with zero attached hydrogens (tertiary/aromatic N) is 3. The second kappa shape index (κ2) is 5.91. The molecule has 1 aromatic carbocycles. The molecule has 0 spiro atoms. The van der Waals surface area contributed by atoms with Gasteiger partial charge in [-0.05, 0) is 38.3 Å². The first-order valence-corrected chi connectivity index (χ1v) is 7.80. The Balaban J connectivity index is 1.76. The molecule has 3 aromatic rings. The quantitative estimate of drug-likeness (QED) is 0.805. The summed E-state index contributed by atoms with van der Waals surface area (Å²) in [4.78, 5) is 12.4. The Bertz CT molecular complexity index is 859. The number of aromatic nitrogens is 3. The Morgan fingerprint density at radius 3 is 2.74 bits per heavy atom. The van der Waals surface area contributed by atoms with Crippen LogP contribution >= 0.6 is 0 Å². The van der Waals surface area contributed by atoms with Gasteiger partial charge in [-0.3, -0.25) is 9.48 Å². The van der Waals surface area contributed by atoms with Crippen molar-refractivity contribution in [3.05, 3.63) is 53.5 Å². The van der Waals surface area contributed by atoms with Gasteiger partial charge in [-0.1, -0.05) is 18.2 Å². The minimum absolute atomic E-state index is 0.00482. The van der Waals surface area contributed by atoms with Gasteiger partial charge in [0.1, 0.15) is 6.54 Å². The molecule has 5 nitrogen and oxygen atoms in total. The first-order valence-electron chi connectivity index (χ1n) is 7.80. The number of para-hydroxylation sites is 1. The molecule has 0 bridgehead atoms. The van der Waals surface area contributed by atoms with E-state index in [0.29, 0.717) is 6.54 Å². The minimum Gasteiger partial charge on any atom is -0.348 e. The van der Waals surface area contributed by atoms with E-state index in [1.807, 2.05) is 61.5 Å². The third kappa shape index (κ3) is 2.86. The standard InChI is InChI=1S/C18H22N4O/c1-12-9-15-7-5-6-8-17(15)22(12)11-18(23)20-13(2)16-10-19-21(4)14(16)3/h5-10,13H,11H2,1-4H3,(H,20,23)/t13-/m1/s1. The van der Waals surface area contributed by atoms with Crippen LogP contribution in [0.1, 0.15) is 29.9 Å². The highest BCUT2D eigenvalue weighted by Crippen LogP contribution is 2.20. The molecule has 120 valence electrons. The second-order valence-corrected chi connectivity index (χ2v) is 6.03. The maximum absolute atomic E-state index is 12.4. The van der Waals surface area contributed by atoms with Crippen molar-refractivity contribution in [1.82, 2.24) is 19.7 Å². The van der Waals surface area contributed by atoms with Crippen molar-refractivity contribution in [3.63, 3.8) is 0 Å². The minimum atomic E-state index is -0.0571. The van der Waals surface area contributed by atoms with Crippen molar-refractivity contribution in [2.75, 3.05) is 0 Å². The van der Waals surface area contributed by atoms with E-state index in [0.717, 1.165) is 27.9 Å². The average molecular weight is 310 g/mol. The Labute approximate surface area is 135 Å². The van der Waals surface area contributed by atoms with Crippen LogP contribution in [0.25, 0.3) is 10.9 Å². The van der Waals surface area contributed by atoms with Crippen molar-refractivity contribution < 1.29 is 4.79 Å². The van der Waals surface area contributed by atoms with Gasteiger partial charge >= 0.3 is 0 Å². The number of aryl methyl sites for hydroxylation is 2. The predicted octanol–water partition coefficient (Wildman–Crippen LogP) is 2.87. The molecular formula is C18H22N4O. The number of hydrogen-bond donors (Lipinski definition) is 1. The molecule has 5 heteroatoms. The molecule has 0 saturated carbocycles. The molecule has 0 aliphatic carbocycles. The van der Waals surface area contributed by atoms with Crippen molar-refractivity contribution >= 4 is 16.8 Å². The smallest absolute Gasteiger partial charge is 0.240 e. The van der Waals surface area contributed by atoms with Crippen LogP contribution in [0.3, 0.4) is 0 Å². The van der Waals surface area contributed by atoms with Crippen molar-refractivity contribution in [3.8, 4) is 0 Å². The van der Waals surface area contributed by atoms with E-state index < -0.39 is 0 Å². The molecule has 0 radical (unpaired) electrons. The number of carbonyl (C=O) groups is 1. The molecule has 2 aromatic heterocycles. The topological polar surface area (TPSA) is 51.9 Å². The van der Waals surface area contributed by atoms with Crippen molar-refractivity contribution in [2.24, 2.45) is 7.05 Å². The van der Waals surface area contributed by atoms with Gasteiger partial charge in [0.15, 0.2) is 0 Å². The number of hydrogen-bond acceptors (Lipinski definition) is 2. The molecule has 0 aliphatic rings. The normalized spacial score (nSPS) is 12.5. The summed E-state index contributed by atoms with van der Waals surface area (Å²) in [6.07, 6.45) is 1.82. The van der Waals surface area contributed by atoms with E-state index in [1.54, 1.807) is 0 Å². The maximum atomic E-state index is 12.4. The van der Waals surface area contributed by atoms with Crippen LogP contribution in [0.2, 0.25) is 0 Å². The van der Waals surface area contributed by atoms with Gasteiger partial charge in [0.25, 0.3) is 0 Å². The van der Waals surface area contributed by atoms with Crippen molar-refractivity contribution in [2.45, 2.75) is 33.4 Å². The predicted molar refractivity (Wildman–Crippen MR) is 91.2 cm³/mol. The largest absolute Gasteiger partial charge is 0.348 e. The molecule has 0 fully saturated rings. The third-order valence-corrected chi connectivity index (χ3v) is 4.44. The van der Waals surface area contributed by atoms with Crippen LogP contribution < -0.4 is 5.32 Å². The Morgan fingerprint density at radius 2 is 2.04 bits per heavy atom. The third-order valence-electron chi connectivity index (χ3n) is 4.44. The lowest BCUT2D eigenvalue weighted by atomic mass is 10.1. The molecule has 0 saturated heterocycles. The van der Waals surface area contributed by atoms with Gasteiger partial charge in [-0.2, -0.15) is 5.10 Å². The molecule has 23 heavy (non-hydrogen) atoms. The molecule has 1 atom stereocenters. The molecule has 3 rings (SSSR count). The summed E-state index contributed by atoms with van der Waals surface area (Å²) in [5.74, 6) is 0.00482. The molecule has 1 N–H and O–H groups in total. The number of benzene rings is 1. The van der Waals surface area contributed by atoms with Crippen LogP contribution in [-0.4, -0.2) is 20.3 Å². The highest BCUT2D eigenvalue weighted by molar-refractivity contribution is 5.84. The van der Waals surface area contributed by atoms with E-state index in [-0.39, 0.29) is 11.9 Å². The maximum Gasteiger partial charge on any atom is 0.240 e. The zero-order valence-corrected chi connectivity index (χ0v) is 14.0. The SMILES string of the molecule is Cc1c([C@@H](C)NC(=O)Cn2c(C)cc3ccccc32)cnn1C. The van der Waals surface area contributed by atoms with Gasteiger partial charge in [-0.25, -0.2) is 0 Å². The fraction of sp³-hybridized carbons (Fsp3) is 0.333. The molecule has 1 amide bonds. The highest BCUT2D eigenvalue weighted by atomic mass is 16.2. The first kappa shape index (κ1) is 15.3. The van der Waals surface area contributed by atoms with Crippen molar-refractivity contribution in [1.29, 1.82) is 0 Å². The van der Waals surface area contributed by atoms with Crippen LogP contribution in [0.5, 0.6) is 0 Å². The summed E-state index contributed by atoms with van der Waals surface area (Å²) in [6, 6.07) is 10.2. The van der Waals surface area contributed by atoms with E-state index in [2.05, 4.69) is 22.5 Å². The second-order valence-electron chi connectivity index (χ2n) is 6.03. The zero-order valence-electron chi connectivity index (χ0n) is 14.0. The molecule has 0 unspecified atom stereocenters. The fourth-order valence-electron chi connectivity index (χ4n) is 3.01. The van der Waals surface area contributed by atoms with E-state index in [1.165, 1.54) is 0 Å². The summed E-state index contributed by atoms with van der Waals surface area (Å²) in [5.41, 5.74) is 4.30. The Hall–Kier alpha value is -2.56.